The van der Waals surface area contributed by atoms with Crippen LogP contribution in [0, 0.1) is 15.9 Å². The number of nitro groups is 1. The van der Waals surface area contributed by atoms with Crippen LogP contribution in [0.4, 0.5) is 10.1 Å². The Bertz CT molecular complexity index is 820. The quantitative estimate of drug-likeness (QED) is 0.333. The van der Waals surface area contributed by atoms with Gasteiger partial charge in [-0.2, -0.15) is 11.8 Å². The molecule has 9 heteroatoms. The SMILES string of the molecule is COc1ccc(CSCC(=O)NCCSCc2ccccc2F)cc1[N+](=O)[O-]. The molecule has 28 heavy (non-hydrogen) atoms. The standard InChI is InChI=1S/C19H21FN2O4S2/c1-26-18-7-6-14(10-17(18)22(24)25)11-28-13-19(23)21-8-9-27-12-15-4-2-3-5-16(15)20/h2-7,10H,8-9,11-13H2,1H3,(H,21,23). The lowest BCUT2D eigenvalue weighted by Crippen LogP contribution is -2.27. The van der Waals surface area contributed by atoms with Crippen molar-refractivity contribution in [3.8, 4) is 5.75 Å². The average Bonchev–Trinajstić information content (AvgIpc) is 2.69. The third kappa shape index (κ3) is 7.05. The molecule has 0 spiro atoms. The lowest BCUT2D eigenvalue weighted by molar-refractivity contribution is -0.385. The van der Waals surface area contributed by atoms with Gasteiger partial charge in [-0.05, 0) is 23.3 Å². The first-order valence-electron chi connectivity index (χ1n) is 8.48. The number of benzene rings is 2. The van der Waals surface area contributed by atoms with E-state index in [2.05, 4.69) is 5.32 Å². The smallest absolute Gasteiger partial charge is 0.311 e. The fourth-order valence-corrected chi connectivity index (χ4v) is 3.99. The fraction of sp³-hybridized carbons (Fsp3) is 0.316. The van der Waals surface area contributed by atoms with Crippen LogP contribution in [0.2, 0.25) is 0 Å². The van der Waals surface area contributed by atoms with Gasteiger partial charge in [-0.25, -0.2) is 4.39 Å². The van der Waals surface area contributed by atoms with Crippen LogP contribution < -0.4 is 10.1 Å². The van der Waals surface area contributed by atoms with Gasteiger partial charge in [0.15, 0.2) is 5.75 Å². The van der Waals surface area contributed by atoms with Crippen LogP contribution in [-0.4, -0.2) is 36.0 Å². The number of carbonyl (C=O) groups excluding carboxylic acids is 1. The molecule has 0 saturated heterocycles. The molecule has 150 valence electrons. The highest BCUT2D eigenvalue weighted by molar-refractivity contribution is 7.99. The van der Waals surface area contributed by atoms with Gasteiger partial charge in [-0.3, -0.25) is 14.9 Å². The molecule has 0 unspecified atom stereocenters. The molecule has 0 aliphatic heterocycles. The van der Waals surface area contributed by atoms with Crippen molar-refractivity contribution in [3.63, 3.8) is 0 Å². The summed E-state index contributed by atoms with van der Waals surface area (Å²) >= 11 is 2.93. The minimum absolute atomic E-state index is 0.0862. The predicted molar refractivity (Wildman–Crippen MR) is 111 cm³/mol. The Morgan fingerprint density at radius 3 is 2.71 bits per heavy atom. The van der Waals surface area contributed by atoms with Gasteiger partial charge in [0.25, 0.3) is 0 Å². The van der Waals surface area contributed by atoms with Gasteiger partial charge in [0, 0.05) is 29.9 Å². The molecule has 0 heterocycles. The molecule has 0 aromatic heterocycles. The van der Waals surface area contributed by atoms with Gasteiger partial charge in [0.1, 0.15) is 5.82 Å². The minimum Gasteiger partial charge on any atom is -0.490 e. The number of thioether (sulfide) groups is 2. The van der Waals surface area contributed by atoms with E-state index in [9.17, 15) is 19.3 Å². The van der Waals surface area contributed by atoms with Crippen LogP contribution in [0.3, 0.4) is 0 Å². The molecule has 0 saturated carbocycles. The highest BCUT2D eigenvalue weighted by atomic mass is 32.2. The second-order valence-electron chi connectivity index (χ2n) is 5.75. The van der Waals surface area contributed by atoms with Crippen molar-refractivity contribution < 1.29 is 18.8 Å². The van der Waals surface area contributed by atoms with E-state index in [0.717, 1.165) is 5.56 Å². The van der Waals surface area contributed by atoms with Crippen molar-refractivity contribution in [2.75, 3.05) is 25.2 Å². The third-order valence-corrected chi connectivity index (χ3v) is 5.74. The second kappa shape index (κ2) is 11.6. The van der Waals surface area contributed by atoms with Gasteiger partial charge in [0.05, 0.1) is 17.8 Å². The molecule has 1 N–H and O–H groups in total. The molecule has 6 nitrogen and oxygen atoms in total. The third-order valence-electron chi connectivity index (χ3n) is 3.73. The Morgan fingerprint density at radius 1 is 1.21 bits per heavy atom. The number of rotatable bonds is 11. The van der Waals surface area contributed by atoms with Crippen LogP contribution in [0.5, 0.6) is 5.75 Å². The Morgan fingerprint density at radius 2 is 2.00 bits per heavy atom. The molecule has 0 aliphatic carbocycles. The summed E-state index contributed by atoms with van der Waals surface area (Å²) in [6.07, 6.45) is 0. The summed E-state index contributed by atoms with van der Waals surface area (Å²) in [4.78, 5) is 22.4. The van der Waals surface area contributed by atoms with E-state index >= 15 is 0 Å². The number of hydrogen-bond acceptors (Lipinski definition) is 6. The molecular weight excluding hydrogens is 403 g/mol. The molecule has 0 fully saturated rings. The zero-order chi connectivity index (χ0) is 20.4. The van der Waals surface area contributed by atoms with Crippen LogP contribution in [0.15, 0.2) is 42.5 Å². The van der Waals surface area contributed by atoms with Gasteiger partial charge >= 0.3 is 5.69 Å². The fourth-order valence-electron chi connectivity index (χ4n) is 2.34. The largest absolute Gasteiger partial charge is 0.490 e. The summed E-state index contributed by atoms with van der Waals surface area (Å²) in [5.41, 5.74) is 1.32. The van der Waals surface area contributed by atoms with Gasteiger partial charge in [-0.15, -0.1) is 11.8 Å². The zero-order valence-electron chi connectivity index (χ0n) is 15.4. The molecule has 0 aliphatic rings. The van der Waals surface area contributed by atoms with Crippen LogP contribution in [0.1, 0.15) is 11.1 Å². The molecular formula is C19H21FN2O4S2. The van der Waals surface area contributed by atoms with Crippen LogP contribution >= 0.6 is 23.5 Å². The monoisotopic (exact) mass is 424 g/mol. The van der Waals surface area contributed by atoms with Crippen LogP contribution in [-0.2, 0) is 16.3 Å². The summed E-state index contributed by atoms with van der Waals surface area (Å²) in [5.74, 6) is 1.90. The van der Waals surface area contributed by atoms with Gasteiger partial charge in [0.2, 0.25) is 5.91 Å². The Hall–Kier alpha value is -2.26. The molecule has 1 amide bonds. The lowest BCUT2D eigenvalue weighted by Gasteiger charge is -2.07. The summed E-state index contributed by atoms with van der Waals surface area (Å²) in [5, 5.41) is 13.8. The highest BCUT2D eigenvalue weighted by Crippen LogP contribution is 2.28. The summed E-state index contributed by atoms with van der Waals surface area (Å²) < 4.78 is 18.5. The number of carbonyl (C=O) groups is 1. The lowest BCUT2D eigenvalue weighted by atomic mass is 10.2. The zero-order valence-corrected chi connectivity index (χ0v) is 17.0. The van der Waals surface area contributed by atoms with Gasteiger partial charge in [-0.1, -0.05) is 24.3 Å². The number of ether oxygens (including phenoxy) is 1. The van der Waals surface area contributed by atoms with E-state index in [1.54, 1.807) is 42.1 Å². The van der Waals surface area contributed by atoms with Crippen molar-refractivity contribution >= 4 is 35.1 Å². The first-order valence-corrected chi connectivity index (χ1v) is 10.8. The number of methoxy groups -OCH3 is 1. The average molecular weight is 425 g/mol. The van der Waals surface area contributed by atoms with Crippen molar-refractivity contribution in [1.29, 1.82) is 0 Å². The summed E-state index contributed by atoms with van der Waals surface area (Å²) in [7, 11) is 1.38. The van der Waals surface area contributed by atoms with E-state index in [-0.39, 0.29) is 28.9 Å². The normalized spacial score (nSPS) is 10.5. The van der Waals surface area contributed by atoms with Crippen molar-refractivity contribution in [1.82, 2.24) is 5.32 Å². The Balaban J connectivity index is 1.64. The molecule has 0 radical (unpaired) electrons. The Kier molecular flexibility index (Phi) is 9.09. The maximum absolute atomic E-state index is 13.5. The highest BCUT2D eigenvalue weighted by Gasteiger charge is 2.15. The number of amides is 1. The molecule has 2 aromatic rings. The van der Waals surface area contributed by atoms with Crippen molar-refractivity contribution in [3.05, 3.63) is 69.5 Å². The van der Waals surface area contributed by atoms with Gasteiger partial charge < -0.3 is 10.1 Å². The maximum atomic E-state index is 13.5. The van der Waals surface area contributed by atoms with E-state index in [0.29, 0.717) is 29.4 Å². The number of nitrogens with one attached hydrogen (secondary N) is 1. The summed E-state index contributed by atoms with van der Waals surface area (Å²) in [6.45, 7) is 0.506. The number of nitro benzene ring substituents is 1. The van der Waals surface area contributed by atoms with Crippen LogP contribution in [0.25, 0.3) is 0 Å². The van der Waals surface area contributed by atoms with E-state index in [1.807, 2.05) is 0 Å². The second-order valence-corrected chi connectivity index (χ2v) is 7.84. The molecule has 0 atom stereocenters. The first-order chi connectivity index (χ1) is 13.5. The van der Waals surface area contributed by atoms with Crippen molar-refractivity contribution in [2.45, 2.75) is 11.5 Å². The predicted octanol–water partition coefficient (Wildman–Crippen LogP) is 4.03. The number of hydrogen-bond donors (Lipinski definition) is 1. The Labute approximate surface area is 171 Å². The minimum atomic E-state index is -0.487. The summed E-state index contributed by atoms with van der Waals surface area (Å²) in [6, 6.07) is 11.4. The molecule has 2 rings (SSSR count). The topological polar surface area (TPSA) is 81.5 Å². The first kappa shape index (κ1) is 22.0. The maximum Gasteiger partial charge on any atom is 0.311 e. The van der Waals surface area contributed by atoms with Crippen molar-refractivity contribution in [2.24, 2.45) is 0 Å². The molecule has 0 bridgehead atoms. The molecule has 2 aromatic carbocycles. The van der Waals surface area contributed by atoms with E-state index < -0.39 is 4.92 Å². The van der Waals surface area contributed by atoms with E-state index in [1.165, 1.54) is 31.0 Å². The number of halogens is 1. The number of nitrogens with zero attached hydrogens (tertiary/aromatic N) is 1. The van der Waals surface area contributed by atoms with E-state index in [4.69, 9.17) is 4.74 Å².